The fourth-order valence-electron chi connectivity index (χ4n) is 2.09. The van der Waals surface area contributed by atoms with Crippen LogP contribution in [0.15, 0.2) is 30.3 Å². The third kappa shape index (κ3) is 3.64. The molecule has 1 rings (SSSR count). The second-order valence-electron chi connectivity index (χ2n) is 4.67. The summed E-state index contributed by atoms with van der Waals surface area (Å²) in [6.45, 7) is 9.09. The molecule has 16 heavy (non-hydrogen) atoms. The molecule has 90 valence electrons. The van der Waals surface area contributed by atoms with Gasteiger partial charge in [0.15, 0.2) is 0 Å². The summed E-state index contributed by atoms with van der Waals surface area (Å²) in [5.41, 5.74) is 1.42. The average molecular weight is 219 g/mol. The first kappa shape index (κ1) is 13.2. The summed E-state index contributed by atoms with van der Waals surface area (Å²) in [5, 5.41) is 3.71. The van der Waals surface area contributed by atoms with Crippen LogP contribution in [-0.2, 0) is 0 Å². The second kappa shape index (κ2) is 6.70. The SMILES string of the molecule is CCC(CC)NC(C)C(C)c1ccccc1. The third-order valence-corrected chi connectivity index (χ3v) is 3.56. The highest BCUT2D eigenvalue weighted by Crippen LogP contribution is 2.19. The van der Waals surface area contributed by atoms with Crippen molar-refractivity contribution in [3.8, 4) is 0 Å². The lowest BCUT2D eigenvalue weighted by molar-refractivity contribution is 0.391. The number of rotatable bonds is 6. The first-order valence-corrected chi connectivity index (χ1v) is 6.50. The Labute approximate surface area is 100 Å². The minimum atomic E-state index is 0.535. The van der Waals surface area contributed by atoms with Gasteiger partial charge in [-0.25, -0.2) is 0 Å². The van der Waals surface area contributed by atoms with Crippen LogP contribution in [0.4, 0.5) is 0 Å². The summed E-state index contributed by atoms with van der Waals surface area (Å²) in [5.74, 6) is 0.571. The van der Waals surface area contributed by atoms with E-state index in [1.54, 1.807) is 0 Å². The van der Waals surface area contributed by atoms with Gasteiger partial charge in [0.1, 0.15) is 0 Å². The lowest BCUT2D eigenvalue weighted by Crippen LogP contribution is -2.38. The molecule has 0 radical (unpaired) electrons. The summed E-state index contributed by atoms with van der Waals surface area (Å²) in [6, 6.07) is 11.9. The van der Waals surface area contributed by atoms with Crippen molar-refractivity contribution in [3.63, 3.8) is 0 Å². The van der Waals surface area contributed by atoms with Crippen LogP contribution in [0.1, 0.15) is 52.0 Å². The molecule has 0 aromatic heterocycles. The van der Waals surface area contributed by atoms with Gasteiger partial charge in [-0.3, -0.25) is 0 Å². The van der Waals surface area contributed by atoms with E-state index in [0.717, 1.165) is 0 Å². The van der Waals surface area contributed by atoms with Gasteiger partial charge in [0.05, 0.1) is 0 Å². The molecule has 1 aromatic rings. The Balaban J connectivity index is 2.57. The summed E-state index contributed by atoms with van der Waals surface area (Å²) in [6.07, 6.45) is 2.42. The molecule has 0 spiro atoms. The number of nitrogens with one attached hydrogen (secondary N) is 1. The van der Waals surface area contributed by atoms with E-state index in [1.165, 1.54) is 18.4 Å². The molecular formula is C15H25N. The average Bonchev–Trinajstić information content (AvgIpc) is 2.35. The summed E-state index contributed by atoms with van der Waals surface area (Å²) in [7, 11) is 0. The van der Waals surface area contributed by atoms with Crippen LogP contribution < -0.4 is 5.32 Å². The predicted octanol–water partition coefficient (Wildman–Crippen LogP) is 3.96. The van der Waals surface area contributed by atoms with E-state index >= 15 is 0 Å². The van der Waals surface area contributed by atoms with Crippen molar-refractivity contribution >= 4 is 0 Å². The molecule has 0 bridgehead atoms. The number of hydrogen-bond donors (Lipinski definition) is 1. The molecule has 0 fully saturated rings. The van der Waals surface area contributed by atoms with Gasteiger partial charge in [-0.1, -0.05) is 51.1 Å². The predicted molar refractivity (Wildman–Crippen MR) is 71.8 cm³/mol. The van der Waals surface area contributed by atoms with Gasteiger partial charge in [0.25, 0.3) is 0 Å². The van der Waals surface area contributed by atoms with Gasteiger partial charge in [0.2, 0.25) is 0 Å². The number of hydrogen-bond acceptors (Lipinski definition) is 1. The Kier molecular flexibility index (Phi) is 5.54. The molecule has 1 nitrogen and oxygen atoms in total. The van der Waals surface area contributed by atoms with E-state index in [0.29, 0.717) is 18.0 Å². The second-order valence-corrected chi connectivity index (χ2v) is 4.67. The van der Waals surface area contributed by atoms with Crippen molar-refractivity contribution in [2.75, 3.05) is 0 Å². The van der Waals surface area contributed by atoms with E-state index in [9.17, 15) is 0 Å². The Morgan fingerprint density at radius 3 is 2.06 bits per heavy atom. The van der Waals surface area contributed by atoms with E-state index in [-0.39, 0.29) is 0 Å². The Hall–Kier alpha value is -0.820. The maximum absolute atomic E-state index is 3.71. The molecule has 0 aliphatic rings. The van der Waals surface area contributed by atoms with Crippen LogP contribution in [0.2, 0.25) is 0 Å². The standard InChI is InChI=1S/C15H25N/c1-5-15(6-2)16-13(4)12(3)14-10-8-7-9-11-14/h7-13,15-16H,5-6H2,1-4H3. The quantitative estimate of drug-likeness (QED) is 0.763. The first-order chi connectivity index (χ1) is 7.69. The molecular weight excluding hydrogens is 194 g/mol. The van der Waals surface area contributed by atoms with Gasteiger partial charge >= 0.3 is 0 Å². The van der Waals surface area contributed by atoms with Gasteiger partial charge in [-0.15, -0.1) is 0 Å². The van der Waals surface area contributed by atoms with Crippen LogP contribution in [0.5, 0.6) is 0 Å². The molecule has 2 atom stereocenters. The van der Waals surface area contributed by atoms with Crippen molar-refractivity contribution in [1.82, 2.24) is 5.32 Å². The molecule has 2 unspecified atom stereocenters. The van der Waals surface area contributed by atoms with Crippen LogP contribution in [0.25, 0.3) is 0 Å². The van der Waals surface area contributed by atoms with Crippen molar-refractivity contribution in [3.05, 3.63) is 35.9 Å². The summed E-state index contributed by atoms with van der Waals surface area (Å²) < 4.78 is 0. The largest absolute Gasteiger partial charge is 0.311 e. The lowest BCUT2D eigenvalue weighted by atomic mass is 9.93. The van der Waals surface area contributed by atoms with Gasteiger partial charge in [0, 0.05) is 12.1 Å². The molecule has 0 amide bonds. The highest BCUT2D eigenvalue weighted by molar-refractivity contribution is 5.20. The molecule has 1 aromatic carbocycles. The van der Waals surface area contributed by atoms with Crippen LogP contribution in [0.3, 0.4) is 0 Å². The number of benzene rings is 1. The summed E-state index contributed by atoms with van der Waals surface area (Å²) in [4.78, 5) is 0. The minimum absolute atomic E-state index is 0.535. The zero-order valence-corrected chi connectivity index (χ0v) is 11.0. The Bertz CT molecular complexity index is 277. The molecule has 0 heterocycles. The Morgan fingerprint density at radius 2 is 1.56 bits per heavy atom. The van der Waals surface area contributed by atoms with E-state index in [4.69, 9.17) is 0 Å². The molecule has 1 heteroatoms. The van der Waals surface area contributed by atoms with E-state index in [1.807, 2.05) is 0 Å². The summed E-state index contributed by atoms with van der Waals surface area (Å²) >= 11 is 0. The zero-order valence-electron chi connectivity index (χ0n) is 11.0. The van der Waals surface area contributed by atoms with Gasteiger partial charge < -0.3 is 5.32 Å². The highest BCUT2D eigenvalue weighted by Gasteiger charge is 2.16. The van der Waals surface area contributed by atoms with Gasteiger partial charge in [-0.05, 0) is 31.2 Å². The van der Waals surface area contributed by atoms with Crippen molar-refractivity contribution in [2.24, 2.45) is 0 Å². The smallest absolute Gasteiger partial charge is 0.0107 e. The maximum atomic E-state index is 3.71. The first-order valence-electron chi connectivity index (χ1n) is 6.50. The van der Waals surface area contributed by atoms with Crippen molar-refractivity contribution < 1.29 is 0 Å². The minimum Gasteiger partial charge on any atom is -0.311 e. The van der Waals surface area contributed by atoms with E-state index < -0.39 is 0 Å². The molecule has 0 saturated carbocycles. The van der Waals surface area contributed by atoms with Crippen LogP contribution in [-0.4, -0.2) is 12.1 Å². The Morgan fingerprint density at radius 1 is 1.00 bits per heavy atom. The van der Waals surface area contributed by atoms with Crippen molar-refractivity contribution in [2.45, 2.75) is 58.5 Å². The van der Waals surface area contributed by atoms with Gasteiger partial charge in [-0.2, -0.15) is 0 Å². The molecule has 0 aliphatic carbocycles. The van der Waals surface area contributed by atoms with E-state index in [2.05, 4.69) is 63.3 Å². The molecule has 0 aliphatic heterocycles. The zero-order chi connectivity index (χ0) is 12.0. The highest BCUT2D eigenvalue weighted by atomic mass is 14.9. The third-order valence-electron chi connectivity index (χ3n) is 3.56. The topological polar surface area (TPSA) is 12.0 Å². The normalized spacial score (nSPS) is 15.1. The van der Waals surface area contributed by atoms with Crippen molar-refractivity contribution in [1.29, 1.82) is 0 Å². The monoisotopic (exact) mass is 219 g/mol. The maximum Gasteiger partial charge on any atom is 0.0107 e. The lowest BCUT2D eigenvalue weighted by Gasteiger charge is -2.26. The molecule has 1 N–H and O–H groups in total. The fraction of sp³-hybridized carbons (Fsp3) is 0.600. The molecule has 0 saturated heterocycles. The van der Waals surface area contributed by atoms with Crippen LogP contribution in [0, 0.1) is 0 Å². The van der Waals surface area contributed by atoms with Crippen LogP contribution >= 0.6 is 0 Å². The fourth-order valence-corrected chi connectivity index (χ4v) is 2.09.